The summed E-state index contributed by atoms with van der Waals surface area (Å²) in [6.07, 6.45) is 0. The molecule has 4 rings (SSSR count). The van der Waals surface area contributed by atoms with Gasteiger partial charge in [0.15, 0.2) is 4.34 Å². The van der Waals surface area contributed by atoms with Crippen molar-refractivity contribution in [1.29, 1.82) is 0 Å². The average molecular weight is 402 g/mol. The standard InChI is InChI=1S/C17H12ClN5OS2/c18-12-8-6-11(7-9-12)15-20-14(24-23-15)10-25-17-22-21-16(26-17)19-13-4-2-1-3-5-13/h1-9H,10H2,(H,19,21). The molecular formula is C17H12ClN5OS2. The van der Waals surface area contributed by atoms with Crippen molar-refractivity contribution in [1.82, 2.24) is 20.3 Å². The third-order valence-corrected chi connectivity index (χ3v) is 5.53. The molecule has 130 valence electrons. The number of hydrogen-bond acceptors (Lipinski definition) is 8. The molecule has 0 atom stereocenters. The molecule has 2 aromatic carbocycles. The lowest BCUT2D eigenvalue weighted by molar-refractivity contribution is 0.391. The maximum atomic E-state index is 5.89. The van der Waals surface area contributed by atoms with E-state index in [9.17, 15) is 0 Å². The number of nitrogens with zero attached hydrogens (tertiary/aromatic N) is 4. The normalized spacial score (nSPS) is 10.8. The fraction of sp³-hybridized carbons (Fsp3) is 0.0588. The molecule has 0 bridgehead atoms. The van der Waals surface area contributed by atoms with Crippen LogP contribution in [0.5, 0.6) is 0 Å². The molecule has 26 heavy (non-hydrogen) atoms. The van der Waals surface area contributed by atoms with Gasteiger partial charge in [-0.1, -0.05) is 58.1 Å². The fourth-order valence-corrected chi connectivity index (χ4v) is 3.85. The Balaban J connectivity index is 1.37. The SMILES string of the molecule is Clc1ccc(-c2noc(CSc3nnc(Nc4ccccc4)s3)n2)cc1. The highest BCUT2D eigenvalue weighted by molar-refractivity contribution is 8.00. The first-order chi connectivity index (χ1) is 12.8. The van der Waals surface area contributed by atoms with Crippen LogP contribution in [-0.4, -0.2) is 20.3 Å². The molecule has 0 unspecified atom stereocenters. The molecule has 2 heterocycles. The lowest BCUT2D eigenvalue weighted by atomic mass is 10.2. The summed E-state index contributed by atoms with van der Waals surface area (Å²) in [4.78, 5) is 4.40. The summed E-state index contributed by atoms with van der Waals surface area (Å²) in [7, 11) is 0. The van der Waals surface area contributed by atoms with E-state index in [4.69, 9.17) is 16.1 Å². The first-order valence-electron chi connectivity index (χ1n) is 7.63. The number of thioether (sulfide) groups is 1. The minimum Gasteiger partial charge on any atom is -0.338 e. The van der Waals surface area contributed by atoms with Gasteiger partial charge in [0.1, 0.15) is 0 Å². The highest BCUT2D eigenvalue weighted by Gasteiger charge is 2.11. The molecule has 0 amide bonds. The van der Waals surface area contributed by atoms with E-state index < -0.39 is 0 Å². The number of aromatic nitrogens is 4. The van der Waals surface area contributed by atoms with E-state index in [2.05, 4.69) is 25.7 Å². The van der Waals surface area contributed by atoms with Crippen LogP contribution in [0, 0.1) is 0 Å². The topological polar surface area (TPSA) is 76.7 Å². The lowest BCUT2D eigenvalue weighted by Gasteiger charge is -1.99. The molecular weight excluding hydrogens is 390 g/mol. The van der Waals surface area contributed by atoms with Crippen LogP contribution in [0.1, 0.15) is 5.89 Å². The maximum absolute atomic E-state index is 5.89. The van der Waals surface area contributed by atoms with Gasteiger partial charge in [-0.3, -0.25) is 0 Å². The summed E-state index contributed by atoms with van der Waals surface area (Å²) in [5.41, 5.74) is 1.84. The quantitative estimate of drug-likeness (QED) is 0.440. The van der Waals surface area contributed by atoms with Crippen LogP contribution in [0.3, 0.4) is 0 Å². The van der Waals surface area contributed by atoms with Gasteiger partial charge in [-0.05, 0) is 36.4 Å². The fourth-order valence-electron chi connectivity index (χ4n) is 2.12. The van der Waals surface area contributed by atoms with Crippen molar-refractivity contribution in [2.45, 2.75) is 10.1 Å². The summed E-state index contributed by atoms with van der Waals surface area (Å²) in [5, 5.41) is 16.9. The van der Waals surface area contributed by atoms with Gasteiger partial charge in [-0.2, -0.15) is 4.98 Å². The number of hydrogen-bond donors (Lipinski definition) is 1. The zero-order valence-electron chi connectivity index (χ0n) is 13.3. The summed E-state index contributed by atoms with van der Waals surface area (Å²) < 4.78 is 6.13. The van der Waals surface area contributed by atoms with Crippen LogP contribution in [0.2, 0.25) is 5.02 Å². The molecule has 6 nitrogen and oxygen atoms in total. The monoisotopic (exact) mass is 401 g/mol. The third-order valence-electron chi connectivity index (χ3n) is 3.32. The minimum absolute atomic E-state index is 0.528. The van der Waals surface area contributed by atoms with Gasteiger partial charge in [0.2, 0.25) is 16.8 Å². The second-order valence-electron chi connectivity index (χ2n) is 5.17. The number of anilines is 2. The summed E-state index contributed by atoms with van der Waals surface area (Å²) in [5.74, 6) is 1.61. The molecule has 0 saturated carbocycles. The van der Waals surface area contributed by atoms with Gasteiger partial charge in [0.05, 0.1) is 5.75 Å². The molecule has 9 heteroatoms. The van der Waals surface area contributed by atoms with Crippen LogP contribution in [0.25, 0.3) is 11.4 Å². The molecule has 4 aromatic rings. The molecule has 0 fully saturated rings. The zero-order chi connectivity index (χ0) is 17.8. The van der Waals surface area contributed by atoms with E-state index in [0.717, 1.165) is 20.7 Å². The molecule has 0 aliphatic rings. The Morgan fingerprint density at radius 3 is 2.65 bits per heavy atom. The van der Waals surface area contributed by atoms with Crippen molar-refractivity contribution in [3.63, 3.8) is 0 Å². The van der Waals surface area contributed by atoms with Crippen LogP contribution in [0.15, 0.2) is 63.5 Å². The van der Waals surface area contributed by atoms with Crippen LogP contribution in [-0.2, 0) is 5.75 Å². The van der Waals surface area contributed by atoms with E-state index in [1.54, 1.807) is 12.1 Å². The van der Waals surface area contributed by atoms with Crippen molar-refractivity contribution in [3.8, 4) is 11.4 Å². The number of benzene rings is 2. The zero-order valence-corrected chi connectivity index (χ0v) is 15.7. The van der Waals surface area contributed by atoms with Crippen molar-refractivity contribution >= 4 is 45.5 Å². The highest BCUT2D eigenvalue weighted by atomic mass is 35.5. The van der Waals surface area contributed by atoms with Gasteiger partial charge < -0.3 is 9.84 Å². The number of para-hydroxylation sites is 1. The number of rotatable bonds is 6. The minimum atomic E-state index is 0.528. The Bertz CT molecular complexity index is 988. The lowest BCUT2D eigenvalue weighted by Crippen LogP contribution is -1.87. The average Bonchev–Trinajstić information content (AvgIpc) is 3.31. The van der Waals surface area contributed by atoms with Gasteiger partial charge in [-0.25, -0.2) is 0 Å². The number of nitrogens with one attached hydrogen (secondary N) is 1. The summed E-state index contributed by atoms with van der Waals surface area (Å²) >= 11 is 8.87. The predicted octanol–water partition coefficient (Wildman–Crippen LogP) is 5.28. The van der Waals surface area contributed by atoms with Crippen molar-refractivity contribution < 1.29 is 4.52 Å². The highest BCUT2D eigenvalue weighted by Crippen LogP contribution is 2.30. The van der Waals surface area contributed by atoms with Gasteiger partial charge in [0.25, 0.3) is 0 Å². The van der Waals surface area contributed by atoms with E-state index in [0.29, 0.717) is 22.5 Å². The second-order valence-corrected chi connectivity index (χ2v) is 7.81. The molecule has 0 spiro atoms. The largest absolute Gasteiger partial charge is 0.338 e. The second kappa shape index (κ2) is 7.86. The van der Waals surface area contributed by atoms with Crippen molar-refractivity contribution in [2.75, 3.05) is 5.32 Å². The van der Waals surface area contributed by atoms with Gasteiger partial charge >= 0.3 is 0 Å². The van der Waals surface area contributed by atoms with E-state index in [-0.39, 0.29) is 0 Å². The summed E-state index contributed by atoms with van der Waals surface area (Å²) in [6.45, 7) is 0. The smallest absolute Gasteiger partial charge is 0.237 e. The first-order valence-corrected chi connectivity index (χ1v) is 9.81. The molecule has 0 aliphatic heterocycles. The Kier molecular flexibility index (Phi) is 5.14. The van der Waals surface area contributed by atoms with Gasteiger partial charge in [-0.15, -0.1) is 10.2 Å². The molecule has 0 saturated heterocycles. The van der Waals surface area contributed by atoms with Crippen LogP contribution in [0.4, 0.5) is 10.8 Å². The first kappa shape index (κ1) is 17.0. The van der Waals surface area contributed by atoms with E-state index >= 15 is 0 Å². The van der Waals surface area contributed by atoms with Crippen molar-refractivity contribution in [2.24, 2.45) is 0 Å². The Hall–Kier alpha value is -2.42. The Morgan fingerprint density at radius 2 is 1.85 bits per heavy atom. The van der Waals surface area contributed by atoms with E-state index in [1.807, 2.05) is 42.5 Å². The Morgan fingerprint density at radius 1 is 1.04 bits per heavy atom. The predicted molar refractivity (Wildman–Crippen MR) is 104 cm³/mol. The molecule has 0 aliphatic carbocycles. The summed E-state index contributed by atoms with van der Waals surface area (Å²) in [6, 6.07) is 17.2. The molecule has 1 N–H and O–H groups in total. The Labute approximate surface area is 162 Å². The molecule has 0 radical (unpaired) electrons. The van der Waals surface area contributed by atoms with Crippen LogP contribution < -0.4 is 5.32 Å². The number of halogens is 1. The molecule has 2 aromatic heterocycles. The van der Waals surface area contributed by atoms with Crippen LogP contribution >= 0.6 is 34.7 Å². The van der Waals surface area contributed by atoms with E-state index in [1.165, 1.54) is 23.1 Å². The third kappa shape index (κ3) is 4.21. The maximum Gasteiger partial charge on any atom is 0.237 e. The van der Waals surface area contributed by atoms with Gasteiger partial charge in [0, 0.05) is 16.3 Å². The van der Waals surface area contributed by atoms with Crippen molar-refractivity contribution in [3.05, 3.63) is 65.5 Å².